The number of carbonyl (C=O) groups is 1. The van der Waals surface area contributed by atoms with Crippen LogP contribution in [0.2, 0.25) is 0 Å². The van der Waals surface area contributed by atoms with Gasteiger partial charge in [-0.3, -0.25) is 4.79 Å². The Balaban J connectivity index is 1.57. The lowest BCUT2D eigenvalue weighted by atomic mass is 10.2. The van der Waals surface area contributed by atoms with Crippen LogP contribution in [0, 0.1) is 17.7 Å². The topological polar surface area (TPSA) is 55.3 Å². The van der Waals surface area contributed by atoms with Crippen LogP contribution in [-0.2, 0) is 4.79 Å². The number of fused-ring (bicyclic) bond motifs is 1. The molecular weight excluding hydrogens is 365 g/mol. The maximum absolute atomic E-state index is 13.3. The highest BCUT2D eigenvalue weighted by Crippen LogP contribution is 2.21. The standard InChI is InChI=1S/C20H16FN3O2S/c21-15-4-1-3-14(11-15)6-7-16-20(23-18-13-27-12-17(18)22-16)26-10-9-24-8-2-5-19(24)25/h1,3-4,11-13H,2,5,8-10H2. The number of likely N-dealkylation sites (tertiary alicyclic amines) is 1. The summed E-state index contributed by atoms with van der Waals surface area (Å²) in [6.45, 7) is 1.60. The molecule has 0 aliphatic carbocycles. The van der Waals surface area contributed by atoms with Gasteiger partial charge in [0.2, 0.25) is 11.8 Å². The van der Waals surface area contributed by atoms with Crippen molar-refractivity contribution in [3.05, 3.63) is 52.1 Å². The summed E-state index contributed by atoms with van der Waals surface area (Å²) in [6.07, 6.45) is 1.49. The molecule has 136 valence electrons. The first kappa shape index (κ1) is 17.4. The van der Waals surface area contributed by atoms with Crippen LogP contribution in [0.3, 0.4) is 0 Å². The average molecular weight is 381 g/mol. The van der Waals surface area contributed by atoms with Crippen molar-refractivity contribution in [3.8, 4) is 17.7 Å². The Morgan fingerprint density at radius 2 is 2.07 bits per heavy atom. The summed E-state index contributed by atoms with van der Waals surface area (Å²) in [5.41, 5.74) is 2.43. The van der Waals surface area contributed by atoms with Crippen LogP contribution in [0.5, 0.6) is 5.88 Å². The molecule has 0 N–H and O–H groups in total. The van der Waals surface area contributed by atoms with Crippen molar-refractivity contribution in [1.82, 2.24) is 14.9 Å². The van der Waals surface area contributed by atoms with Crippen LogP contribution in [0.4, 0.5) is 4.39 Å². The van der Waals surface area contributed by atoms with Crippen LogP contribution in [-0.4, -0.2) is 40.5 Å². The first-order valence-corrected chi connectivity index (χ1v) is 9.55. The molecule has 7 heteroatoms. The number of hydrogen-bond acceptors (Lipinski definition) is 5. The molecule has 1 aliphatic rings. The monoisotopic (exact) mass is 381 g/mol. The second kappa shape index (κ2) is 7.72. The third kappa shape index (κ3) is 4.07. The number of rotatable bonds is 4. The van der Waals surface area contributed by atoms with Gasteiger partial charge in [-0.25, -0.2) is 14.4 Å². The fraction of sp³-hybridized carbons (Fsp3) is 0.250. The molecule has 0 unspecified atom stereocenters. The van der Waals surface area contributed by atoms with Crippen molar-refractivity contribution in [2.45, 2.75) is 12.8 Å². The maximum atomic E-state index is 13.3. The van der Waals surface area contributed by atoms with Gasteiger partial charge in [0.1, 0.15) is 23.5 Å². The summed E-state index contributed by atoms with van der Waals surface area (Å²) < 4.78 is 19.1. The predicted octanol–water partition coefficient (Wildman–Crippen LogP) is 3.23. The van der Waals surface area contributed by atoms with Crippen molar-refractivity contribution in [2.75, 3.05) is 19.7 Å². The Labute approximate surface area is 159 Å². The van der Waals surface area contributed by atoms with Gasteiger partial charge in [0.25, 0.3) is 0 Å². The van der Waals surface area contributed by atoms with Gasteiger partial charge in [-0.1, -0.05) is 12.0 Å². The van der Waals surface area contributed by atoms with Gasteiger partial charge in [-0.15, -0.1) is 11.3 Å². The summed E-state index contributed by atoms with van der Waals surface area (Å²) in [4.78, 5) is 22.5. The summed E-state index contributed by atoms with van der Waals surface area (Å²) in [5, 5.41) is 3.78. The number of halogens is 1. The van der Waals surface area contributed by atoms with Crippen LogP contribution < -0.4 is 4.74 Å². The van der Waals surface area contributed by atoms with Crippen molar-refractivity contribution in [1.29, 1.82) is 0 Å². The van der Waals surface area contributed by atoms with Crippen molar-refractivity contribution in [3.63, 3.8) is 0 Å². The van der Waals surface area contributed by atoms with Crippen LogP contribution in [0.25, 0.3) is 11.0 Å². The van der Waals surface area contributed by atoms with Gasteiger partial charge in [-0.05, 0) is 30.5 Å². The van der Waals surface area contributed by atoms with E-state index in [-0.39, 0.29) is 11.7 Å². The summed E-state index contributed by atoms with van der Waals surface area (Å²) in [5.74, 6) is 5.99. The zero-order valence-corrected chi connectivity index (χ0v) is 15.3. The Morgan fingerprint density at radius 3 is 2.85 bits per heavy atom. The van der Waals surface area contributed by atoms with E-state index in [1.54, 1.807) is 17.0 Å². The number of hydrogen-bond donors (Lipinski definition) is 0. The van der Waals surface area contributed by atoms with E-state index in [0.29, 0.717) is 36.7 Å². The number of ether oxygens (including phenoxy) is 1. The minimum atomic E-state index is -0.340. The molecule has 1 fully saturated rings. The second-order valence-electron chi connectivity index (χ2n) is 6.11. The van der Waals surface area contributed by atoms with Gasteiger partial charge in [0, 0.05) is 29.3 Å². The van der Waals surface area contributed by atoms with Crippen LogP contribution >= 0.6 is 11.3 Å². The smallest absolute Gasteiger partial charge is 0.249 e. The molecule has 1 amide bonds. The highest BCUT2D eigenvalue weighted by molar-refractivity contribution is 7.09. The number of carbonyl (C=O) groups excluding carboxylic acids is 1. The molecule has 4 rings (SSSR count). The second-order valence-corrected chi connectivity index (χ2v) is 6.86. The van der Waals surface area contributed by atoms with Crippen LogP contribution in [0.1, 0.15) is 24.1 Å². The van der Waals surface area contributed by atoms with Gasteiger partial charge < -0.3 is 9.64 Å². The minimum Gasteiger partial charge on any atom is -0.474 e. The molecule has 3 heterocycles. The van der Waals surface area contributed by atoms with E-state index in [9.17, 15) is 9.18 Å². The molecular formula is C20H16FN3O2S. The zero-order chi connectivity index (χ0) is 18.6. The third-order valence-electron chi connectivity index (χ3n) is 4.20. The molecule has 1 aliphatic heterocycles. The van der Waals surface area contributed by atoms with E-state index >= 15 is 0 Å². The molecule has 0 bridgehead atoms. The number of benzene rings is 1. The Hall–Kier alpha value is -2.98. The fourth-order valence-electron chi connectivity index (χ4n) is 2.85. The Kier molecular flexibility index (Phi) is 4.99. The molecule has 27 heavy (non-hydrogen) atoms. The molecule has 0 spiro atoms. The maximum Gasteiger partial charge on any atom is 0.249 e. The van der Waals surface area contributed by atoms with Crippen molar-refractivity contribution < 1.29 is 13.9 Å². The first-order valence-electron chi connectivity index (χ1n) is 8.61. The number of nitrogens with zero attached hydrogens (tertiary/aromatic N) is 3. The quantitative estimate of drug-likeness (QED) is 0.651. The number of aromatic nitrogens is 2. The SMILES string of the molecule is O=C1CCCN1CCOc1nc2cscc2nc1C#Cc1cccc(F)c1. The summed E-state index contributed by atoms with van der Waals surface area (Å²) >= 11 is 1.50. The van der Waals surface area contributed by atoms with E-state index < -0.39 is 0 Å². The molecule has 3 aromatic rings. The fourth-order valence-corrected chi connectivity index (χ4v) is 3.53. The third-order valence-corrected chi connectivity index (χ3v) is 4.92. The molecule has 1 saturated heterocycles. The molecule has 0 saturated carbocycles. The zero-order valence-electron chi connectivity index (χ0n) is 14.4. The lowest BCUT2D eigenvalue weighted by molar-refractivity contribution is -0.128. The lowest BCUT2D eigenvalue weighted by Crippen LogP contribution is -2.29. The molecule has 1 aromatic carbocycles. The highest BCUT2D eigenvalue weighted by Gasteiger charge is 2.20. The van der Waals surface area contributed by atoms with E-state index in [1.165, 1.54) is 23.5 Å². The van der Waals surface area contributed by atoms with Gasteiger partial charge in [0.15, 0.2) is 5.69 Å². The Bertz CT molecular complexity index is 1050. The first-order chi connectivity index (χ1) is 13.2. The van der Waals surface area contributed by atoms with Crippen LogP contribution in [0.15, 0.2) is 35.0 Å². The normalized spacial score (nSPS) is 13.7. The Morgan fingerprint density at radius 1 is 1.22 bits per heavy atom. The van der Waals surface area contributed by atoms with Crippen molar-refractivity contribution >= 4 is 28.3 Å². The van der Waals surface area contributed by atoms with E-state index in [1.807, 2.05) is 10.8 Å². The van der Waals surface area contributed by atoms with E-state index in [4.69, 9.17) is 4.74 Å². The number of thiophene rings is 1. The molecule has 0 radical (unpaired) electrons. The van der Waals surface area contributed by atoms with Gasteiger partial charge >= 0.3 is 0 Å². The lowest BCUT2D eigenvalue weighted by Gasteiger charge is -2.15. The highest BCUT2D eigenvalue weighted by atomic mass is 32.1. The predicted molar refractivity (Wildman–Crippen MR) is 101 cm³/mol. The largest absolute Gasteiger partial charge is 0.474 e. The molecule has 0 atom stereocenters. The summed E-state index contributed by atoms with van der Waals surface area (Å²) in [6, 6.07) is 6.07. The summed E-state index contributed by atoms with van der Waals surface area (Å²) in [7, 11) is 0. The van der Waals surface area contributed by atoms with Gasteiger partial charge in [0.05, 0.1) is 6.54 Å². The molecule has 5 nitrogen and oxygen atoms in total. The van der Waals surface area contributed by atoms with E-state index in [0.717, 1.165) is 24.0 Å². The number of amides is 1. The minimum absolute atomic E-state index is 0.157. The van der Waals surface area contributed by atoms with E-state index in [2.05, 4.69) is 21.8 Å². The average Bonchev–Trinajstić information content (AvgIpc) is 3.28. The van der Waals surface area contributed by atoms with Crippen molar-refractivity contribution in [2.24, 2.45) is 0 Å². The van der Waals surface area contributed by atoms with Gasteiger partial charge in [-0.2, -0.15) is 0 Å². The molecule has 2 aromatic heterocycles.